The molecule has 15 heteroatoms. The van der Waals surface area contributed by atoms with E-state index in [-0.39, 0.29) is 59.0 Å². The van der Waals surface area contributed by atoms with Crippen molar-refractivity contribution in [2.75, 3.05) is 26.2 Å². The van der Waals surface area contributed by atoms with Gasteiger partial charge in [-0.3, -0.25) is 9.69 Å². The zero-order valence-electron chi connectivity index (χ0n) is 31.9. The highest BCUT2D eigenvalue weighted by atomic mass is 35.5. The number of aromatic nitrogens is 5. The third kappa shape index (κ3) is 5.65. The van der Waals surface area contributed by atoms with E-state index in [1.807, 2.05) is 42.6 Å². The molecule has 6 aliphatic rings. The molecule has 2 aromatic carbocycles. The second-order valence-corrected chi connectivity index (χ2v) is 17.6. The van der Waals surface area contributed by atoms with Crippen molar-refractivity contribution in [3.63, 3.8) is 0 Å². The van der Waals surface area contributed by atoms with Gasteiger partial charge < -0.3 is 19.5 Å². The molecule has 2 amide bonds. The summed E-state index contributed by atoms with van der Waals surface area (Å²) in [5, 5.41) is 24.6. The van der Waals surface area contributed by atoms with Crippen LogP contribution in [0.15, 0.2) is 36.5 Å². The number of hydrogen-bond donors (Lipinski definition) is 1. The number of likely N-dealkylation sites (tertiary alicyclic amines) is 1. The molecule has 0 unspecified atom stereocenters. The normalized spacial score (nSPS) is 24.4. The number of ether oxygens (including phenoxy) is 1. The van der Waals surface area contributed by atoms with Crippen LogP contribution in [0, 0.1) is 35.9 Å². The number of hydrogen-bond acceptors (Lipinski definition) is 8. The summed E-state index contributed by atoms with van der Waals surface area (Å²) < 4.78 is 26.8. The van der Waals surface area contributed by atoms with Crippen molar-refractivity contribution < 1.29 is 18.7 Å². The number of nitriles is 1. The SMILES string of the molecule is Cc1nc2c(F)c(-c3cccc(Cl)c3Cl)c(CCC#N)cc2c2c1cc([C@H]1C[C@H](n3cc(C(C)(C)N4CCOC4=O)nn3)CN1C(=O)C1CC1)n2[C@H]1[C@H]2CN[C@@H]1C2. The van der Waals surface area contributed by atoms with E-state index in [1.165, 1.54) is 0 Å². The lowest BCUT2D eigenvalue weighted by Gasteiger charge is -2.39. The van der Waals surface area contributed by atoms with Crippen LogP contribution in [0.3, 0.4) is 0 Å². The van der Waals surface area contributed by atoms with Crippen LogP contribution in [0.2, 0.25) is 10.0 Å². The number of nitrogens with one attached hydrogen (secondary N) is 1. The summed E-state index contributed by atoms with van der Waals surface area (Å²) in [6, 6.07) is 11.5. The van der Waals surface area contributed by atoms with Gasteiger partial charge in [0.2, 0.25) is 5.91 Å². The minimum absolute atomic E-state index is 0.00481. The number of carbonyl (C=O) groups is 2. The van der Waals surface area contributed by atoms with Crippen molar-refractivity contribution in [1.82, 2.24) is 39.7 Å². The monoisotopic (exact) mass is 809 g/mol. The lowest BCUT2D eigenvalue weighted by atomic mass is 9.79. The maximum absolute atomic E-state index is 17.3. The van der Waals surface area contributed by atoms with Crippen molar-refractivity contribution >= 4 is 57.0 Å². The molecule has 12 nitrogen and oxygen atoms in total. The smallest absolute Gasteiger partial charge is 0.410 e. The fourth-order valence-electron chi connectivity index (χ4n) is 9.97. The first kappa shape index (κ1) is 36.6. The number of aryl methyl sites for hydroxylation is 2. The van der Waals surface area contributed by atoms with Crippen LogP contribution in [0.5, 0.6) is 0 Å². The Morgan fingerprint density at radius 2 is 2.00 bits per heavy atom. The van der Waals surface area contributed by atoms with Crippen LogP contribution in [0.4, 0.5) is 9.18 Å². The fourth-order valence-corrected chi connectivity index (χ4v) is 10.4. The largest absolute Gasteiger partial charge is 0.448 e. The molecule has 0 spiro atoms. The molecular formula is C42H42Cl2FN9O3. The summed E-state index contributed by atoms with van der Waals surface area (Å²) in [6.45, 7) is 7.94. The maximum atomic E-state index is 17.3. The molecule has 6 fully saturated rings. The number of amides is 2. The first-order valence-corrected chi connectivity index (χ1v) is 20.6. The predicted molar refractivity (Wildman–Crippen MR) is 212 cm³/mol. The molecule has 11 rings (SSSR count). The molecule has 2 saturated carbocycles. The van der Waals surface area contributed by atoms with Gasteiger partial charge in [-0.15, -0.1) is 5.10 Å². The van der Waals surface area contributed by atoms with E-state index in [2.05, 4.69) is 32.3 Å². The molecule has 4 aliphatic heterocycles. The second kappa shape index (κ2) is 13.4. The van der Waals surface area contributed by atoms with Crippen LogP contribution >= 0.6 is 23.2 Å². The number of nitrogens with zero attached hydrogens (tertiary/aromatic N) is 8. The Morgan fingerprint density at radius 3 is 2.70 bits per heavy atom. The molecule has 1 N–H and O–H groups in total. The zero-order chi connectivity index (χ0) is 39.5. The van der Waals surface area contributed by atoms with Crippen molar-refractivity contribution in [1.29, 1.82) is 5.26 Å². The molecule has 2 aliphatic carbocycles. The van der Waals surface area contributed by atoms with Gasteiger partial charge in [0.25, 0.3) is 0 Å². The van der Waals surface area contributed by atoms with Crippen LogP contribution in [-0.2, 0) is 21.5 Å². The second-order valence-electron chi connectivity index (χ2n) is 16.9. The first-order chi connectivity index (χ1) is 27.5. The number of pyridine rings is 1. The maximum Gasteiger partial charge on any atom is 0.410 e. The Hall–Kier alpha value is -4.77. The molecular weight excluding hydrogens is 768 g/mol. The van der Waals surface area contributed by atoms with Gasteiger partial charge in [0, 0.05) is 64.8 Å². The zero-order valence-corrected chi connectivity index (χ0v) is 33.4. The molecule has 7 heterocycles. The number of cyclic esters (lactones) is 1. The Bertz CT molecular complexity index is 2540. The number of halogens is 3. The Kier molecular flexibility index (Phi) is 8.59. The molecule has 294 valence electrons. The summed E-state index contributed by atoms with van der Waals surface area (Å²) in [4.78, 5) is 35.4. The third-order valence-electron chi connectivity index (χ3n) is 13.2. The first-order valence-electron chi connectivity index (χ1n) is 19.8. The lowest BCUT2D eigenvalue weighted by Crippen LogP contribution is -2.42. The number of rotatable bonds is 9. The number of carbonyl (C=O) groups excluding carboxylic acids is 2. The minimum atomic E-state index is -0.735. The molecule has 0 radical (unpaired) electrons. The molecule has 5 atom stereocenters. The summed E-state index contributed by atoms with van der Waals surface area (Å²) in [5.74, 6) is 0.0107. The Morgan fingerprint density at radius 1 is 1.18 bits per heavy atom. The molecule has 5 aromatic rings. The fraction of sp³-hybridized carbons (Fsp3) is 0.476. The van der Waals surface area contributed by atoms with Gasteiger partial charge in [-0.05, 0) is 82.6 Å². The standard InChI is InChI=1S/C42H42Cl2FN9O3/c1-21-27-17-32(31-16-25(19-51(31)40(55)22-9-10-22)53-20-33(49-50-53)42(2,3)52-12-13-57-41(52)56)54(38-24-15-30(38)47-18-24)39(27)28-14-23(6-5-11-46)34(36(45)37(28)48-21)26-7-4-8-29(43)35(26)44/h4,7-8,14,17,20,22,24-25,30-31,38,47H,5-6,9-10,12-13,15-16,18-19H2,1-3H3/t24-,25+,30-,31-,38+/m1/s1. The highest BCUT2D eigenvalue weighted by molar-refractivity contribution is 6.43. The van der Waals surface area contributed by atoms with Crippen LogP contribution in [0.1, 0.15) is 86.7 Å². The average Bonchev–Trinajstić information content (AvgIpc) is 3.84. The topological polar surface area (TPSA) is 134 Å². The van der Waals surface area contributed by atoms with E-state index in [0.29, 0.717) is 76.9 Å². The highest BCUT2D eigenvalue weighted by Gasteiger charge is 2.51. The van der Waals surface area contributed by atoms with E-state index < -0.39 is 11.4 Å². The van der Waals surface area contributed by atoms with Crippen molar-refractivity contribution in [2.24, 2.45) is 11.8 Å². The van der Waals surface area contributed by atoms with Gasteiger partial charge in [-0.2, -0.15) is 5.26 Å². The molecule has 2 bridgehead atoms. The summed E-state index contributed by atoms with van der Waals surface area (Å²) in [6.07, 6.45) is 5.42. The van der Waals surface area contributed by atoms with Gasteiger partial charge >= 0.3 is 6.09 Å². The van der Waals surface area contributed by atoms with E-state index in [9.17, 15) is 14.9 Å². The quantitative estimate of drug-likeness (QED) is 0.160. The molecule has 3 aromatic heterocycles. The lowest BCUT2D eigenvalue weighted by molar-refractivity contribution is -0.133. The van der Waals surface area contributed by atoms with Crippen molar-refractivity contribution in [3.8, 4) is 17.2 Å². The Labute approximate surface area is 338 Å². The molecule has 4 saturated heterocycles. The van der Waals surface area contributed by atoms with Gasteiger partial charge in [-0.1, -0.05) is 40.5 Å². The minimum Gasteiger partial charge on any atom is -0.448 e. The van der Waals surface area contributed by atoms with Crippen molar-refractivity contribution in [2.45, 2.75) is 89.0 Å². The Balaban J connectivity index is 1.14. The summed E-state index contributed by atoms with van der Waals surface area (Å²) in [7, 11) is 0. The van der Waals surface area contributed by atoms with Crippen LogP contribution < -0.4 is 5.32 Å². The van der Waals surface area contributed by atoms with Crippen molar-refractivity contribution in [3.05, 3.63) is 75.0 Å². The average molecular weight is 811 g/mol. The number of fused-ring (bicyclic) bond motifs is 4. The summed E-state index contributed by atoms with van der Waals surface area (Å²) >= 11 is 13.2. The van der Waals surface area contributed by atoms with E-state index in [4.69, 9.17) is 32.9 Å². The molecule has 57 heavy (non-hydrogen) atoms. The predicted octanol–water partition coefficient (Wildman–Crippen LogP) is 7.80. The van der Waals surface area contributed by atoms with Crippen LogP contribution in [0.25, 0.3) is 32.9 Å². The van der Waals surface area contributed by atoms with Gasteiger partial charge in [0.1, 0.15) is 17.8 Å². The third-order valence-corrected chi connectivity index (χ3v) is 14.0. The summed E-state index contributed by atoms with van der Waals surface area (Å²) in [5.41, 5.74) is 4.13. The van der Waals surface area contributed by atoms with Crippen LogP contribution in [-0.4, -0.2) is 78.6 Å². The van der Waals surface area contributed by atoms with E-state index in [0.717, 1.165) is 42.4 Å². The van der Waals surface area contributed by atoms with E-state index >= 15 is 4.39 Å². The number of benzene rings is 2. The van der Waals surface area contributed by atoms with Gasteiger partial charge in [-0.25, -0.2) is 18.9 Å². The highest BCUT2D eigenvalue weighted by Crippen LogP contribution is 2.52. The van der Waals surface area contributed by atoms with Gasteiger partial charge in [0.05, 0.1) is 58.0 Å². The van der Waals surface area contributed by atoms with E-state index in [1.54, 1.807) is 23.1 Å². The van der Waals surface area contributed by atoms with Gasteiger partial charge in [0.15, 0.2) is 5.82 Å².